The fourth-order valence-corrected chi connectivity index (χ4v) is 2.20. The van der Waals surface area contributed by atoms with E-state index in [-0.39, 0.29) is 23.8 Å². The zero-order chi connectivity index (χ0) is 11.9. The third-order valence-corrected chi connectivity index (χ3v) is 2.82. The highest BCUT2D eigenvalue weighted by Crippen LogP contribution is 2.30. The van der Waals surface area contributed by atoms with E-state index >= 15 is 0 Å². The van der Waals surface area contributed by atoms with E-state index in [1.54, 1.807) is 25.2 Å². The number of halogens is 2. The minimum absolute atomic E-state index is 0.0471. The number of amides is 1. The van der Waals surface area contributed by atoms with Crippen molar-refractivity contribution < 1.29 is 9.90 Å². The number of carbonyl (C=O) groups excluding carboxylic acids is 1. The van der Waals surface area contributed by atoms with Crippen LogP contribution in [0.4, 0.5) is 0 Å². The molecule has 5 heteroatoms. The van der Waals surface area contributed by atoms with Crippen LogP contribution in [0.3, 0.4) is 0 Å². The topological polar surface area (TPSA) is 40.5 Å². The van der Waals surface area contributed by atoms with Crippen LogP contribution in [0, 0.1) is 0 Å². The van der Waals surface area contributed by atoms with Gasteiger partial charge in [-0.05, 0) is 23.8 Å². The van der Waals surface area contributed by atoms with Crippen LogP contribution in [0.5, 0.6) is 0 Å². The van der Waals surface area contributed by atoms with E-state index in [0.717, 1.165) is 0 Å². The highest BCUT2D eigenvalue weighted by atomic mass is 35.5. The second-order valence-electron chi connectivity index (χ2n) is 3.64. The number of benzene rings is 1. The molecule has 16 heavy (non-hydrogen) atoms. The Morgan fingerprint density at radius 2 is 1.81 bits per heavy atom. The molecule has 1 N–H and O–H groups in total. The van der Waals surface area contributed by atoms with Gasteiger partial charge in [0, 0.05) is 17.1 Å². The van der Waals surface area contributed by atoms with Crippen LogP contribution >= 0.6 is 23.2 Å². The second-order valence-corrected chi connectivity index (χ2v) is 4.51. The zero-order valence-corrected chi connectivity index (χ0v) is 10.0. The highest BCUT2D eigenvalue weighted by Gasteiger charge is 2.28. The molecule has 0 unspecified atom stereocenters. The summed E-state index contributed by atoms with van der Waals surface area (Å²) in [5.41, 5.74) is 0.816. The number of aliphatic hydroxyl groups excluding tert-OH is 1. The van der Waals surface area contributed by atoms with Crippen LogP contribution in [0.1, 0.15) is 5.56 Å². The van der Waals surface area contributed by atoms with Gasteiger partial charge in [-0.2, -0.15) is 0 Å². The molecular weight excluding hydrogens is 249 g/mol. The highest BCUT2D eigenvalue weighted by molar-refractivity contribution is 6.35. The maximum Gasteiger partial charge on any atom is 0.258 e. The molecule has 0 fully saturated rings. The molecule has 1 aromatic carbocycles. The van der Waals surface area contributed by atoms with Crippen LogP contribution in [-0.4, -0.2) is 29.5 Å². The summed E-state index contributed by atoms with van der Waals surface area (Å²) >= 11 is 11.7. The number of carbonyl (C=O) groups is 1. The molecule has 2 rings (SSSR count). The molecule has 1 amide bonds. The summed E-state index contributed by atoms with van der Waals surface area (Å²) in [6.07, 6.45) is 0. The predicted octanol–water partition coefficient (Wildman–Crippen LogP) is 2.73. The molecule has 1 aliphatic rings. The summed E-state index contributed by atoms with van der Waals surface area (Å²) in [7, 11) is 1.62. The number of hydrogen-bond acceptors (Lipinski definition) is 2. The third-order valence-electron chi connectivity index (χ3n) is 2.39. The summed E-state index contributed by atoms with van der Waals surface area (Å²) in [6, 6.07) is 4.79. The van der Waals surface area contributed by atoms with Crippen LogP contribution in [0.2, 0.25) is 10.0 Å². The number of rotatable bonds is 1. The molecule has 0 radical (unpaired) electrons. The SMILES string of the molecule is CN1CC(O)=C(c2cc(Cl)cc(Cl)c2)C1=O. The first-order chi connectivity index (χ1) is 7.49. The number of nitrogens with zero attached hydrogens (tertiary/aromatic N) is 1. The van der Waals surface area contributed by atoms with Gasteiger partial charge in [-0.15, -0.1) is 0 Å². The monoisotopic (exact) mass is 257 g/mol. The minimum Gasteiger partial charge on any atom is -0.510 e. The van der Waals surface area contributed by atoms with Crippen molar-refractivity contribution in [1.82, 2.24) is 4.90 Å². The molecule has 84 valence electrons. The van der Waals surface area contributed by atoms with Gasteiger partial charge in [-0.1, -0.05) is 23.2 Å². The molecule has 3 nitrogen and oxygen atoms in total. The van der Waals surface area contributed by atoms with Crippen LogP contribution in [0.15, 0.2) is 24.0 Å². The number of hydrogen-bond donors (Lipinski definition) is 1. The van der Waals surface area contributed by atoms with Gasteiger partial charge >= 0.3 is 0 Å². The van der Waals surface area contributed by atoms with Crippen molar-refractivity contribution in [3.63, 3.8) is 0 Å². The van der Waals surface area contributed by atoms with Crippen molar-refractivity contribution in [2.45, 2.75) is 0 Å². The van der Waals surface area contributed by atoms with Gasteiger partial charge in [-0.25, -0.2) is 0 Å². The van der Waals surface area contributed by atoms with Gasteiger partial charge in [0.15, 0.2) is 0 Å². The number of likely N-dealkylation sites (N-methyl/N-ethyl adjacent to an activating group) is 1. The lowest BCUT2D eigenvalue weighted by molar-refractivity contribution is -0.122. The van der Waals surface area contributed by atoms with Crippen LogP contribution < -0.4 is 0 Å². The molecule has 0 saturated carbocycles. The third kappa shape index (κ3) is 1.88. The van der Waals surface area contributed by atoms with E-state index in [2.05, 4.69) is 0 Å². The van der Waals surface area contributed by atoms with E-state index in [9.17, 15) is 9.90 Å². The van der Waals surface area contributed by atoms with Gasteiger partial charge in [-0.3, -0.25) is 4.79 Å². The standard InChI is InChI=1S/C11H9Cl2NO2/c1-14-5-9(15)10(11(14)16)6-2-7(12)4-8(13)3-6/h2-4,15H,5H2,1H3. The smallest absolute Gasteiger partial charge is 0.258 e. The van der Waals surface area contributed by atoms with E-state index in [4.69, 9.17) is 23.2 Å². The van der Waals surface area contributed by atoms with Crippen molar-refractivity contribution in [3.8, 4) is 0 Å². The van der Waals surface area contributed by atoms with Crippen molar-refractivity contribution in [1.29, 1.82) is 0 Å². The molecule has 0 saturated heterocycles. The molecule has 0 spiro atoms. The average molecular weight is 258 g/mol. The summed E-state index contributed by atoms with van der Waals surface area (Å²) in [5.74, 6) is -0.179. The zero-order valence-electron chi connectivity index (χ0n) is 8.50. The van der Waals surface area contributed by atoms with Crippen molar-refractivity contribution in [2.75, 3.05) is 13.6 Å². The van der Waals surface area contributed by atoms with Gasteiger partial charge in [0.2, 0.25) is 0 Å². The van der Waals surface area contributed by atoms with Gasteiger partial charge < -0.3 is 10.0 Å². The van der Waals surface area contributed by atoms with E-state index in [1.807, 2.05) is 0 Å². The minimum atomic E-state index is -0.226. The Bertz CT molecular complexity index is 477. The molecule has 0 atom stereocenters. The molecular formula is C11H9Cl2NO2. The van der Waals surface area contributed by atoms with Crippen molar-refractivity contribution in [2.24, 2.45) is 0 Å². The van der Waals surface area contributed by atoms with Crippen molar-refractivity contribution >= 4 is 34.7 Å². The Balaban J connectivity index is 2.52. The fraction of sp³-hybridized carbons (Fsp3) is 0.182. The Morgan fingerprint density at radius 3 is 2.25 bits per heavy atom. The van der Waals surface area contributed by atoms with E-state index < -0.39 is 0 Å². The van der Waals surface area contributed by atoms with Gasteiger partial charge in [0.05, 0.1) is 12.1 Å². The Morgan fingerprint density at radius 1 is 1.25 bits per heavy atom. The largest absolute Gasteiger partial charge is 0.510 e. The lowest BCUT2D eigenvalue weighted by Gasteiger charge is -2.08. The van der Waals surface area contributed by atoms with Crippen LogP contribution in [-0.2, 0) is 4.79 Å². The lowest BCUT2D eigenvalue weighted by atomic mass is 10.1. The van der Waals surface area contributed by atoms with E-state index in [1.165, 1.54) is 4.90 Å². The maximum absolute atomic E-state index is 11.8. The molecule has 0 aromatic heterocycles. The Kier molecular flexibility index (Phi) is 2.82. The molecule has 1 aromatic rings. The maximum atomic E-state index is 11.8. The molecule has 1 aliphatic heterocycles. The Hall–Kier alpha value is -1.19. The fourth-order valence-electron chi connectivity index (χ4n) is 1.68. The second kappa shape index (κ2) is 4.00. The van der Waals surface area contributed by atoms with Gasteiger partial charge in [0.25, 0.3) is 5.91 Å². The molecule has 1 heterocycles. The van der Waals surface area contributed by atoms with Crippen LogP contribution in [0.25, 0.3) is 5.57 Å². The first-order valence-corrected chi connectivity index (χ1v) is 5.38. The normalized spacial score (nSPS) is 16.2. The first-order valence-electron chi connectivity index (χ1n) is 4.63. The van der Waals surface area contributed by atoms with E-state index in [0.29, 0.717) is 15.6 Å². The summed E-state index contributed by atoms with van der Waals surface area (Å²) in [5, 5.41) is 10.6. The average Bonchev–Trinajstić information content (AvgIpc) is 2.39. The van der Waals surface area contributed by atoms with Crippen molar-refractivity contribution in [3.05, 3.63) is 39.6 Å². The molecule has 0 aliphatic carbocycles. The summed E-state index contributed by atoms with van der Waals surface area (Å²) in [6.45, 7) is 0.221. The predicted molar refractivity (Wildman–Crippen MR) is 63.6 cm³/mol. The van der Waals surface area contributed by atoms with Gasteiger partial charge in [0.1, 0.15) is 5.76 Å². The first kappa shape index (κ1) is 11.3. The summed E-state index contributed by atoms with van der Waals surface area (Å²) in [4.78, 5) is 13.2. The number of aliphatic hydroxyl groups is 1. The summed E-state index contributed by atoms with van der Waals surface area (Å²) < 4.78 is 0. The molecule has 0 bridgehead atoms. The lowest BCUT2D eigenvalue weighted by Crippen LogP contribution is -2.21. The Labute approximate surface area is 103 Å². The quantitative estimate of drug-likeness (QED) is 0.841.